The van der Waals surface area contributed by atoms with Gasteiger partial charge in [0.1, 0.15) is 0 Å². The van der Waals surface area contributed by atoms with Crippen molar-refractivity contribution in [3.8, 4) is 5.69 Å². The highest BCUT2D eigenvalue weighted by molar-refractivity contribution is 7.99. The van der Waals surface area contributed by atoms with Gasteiger partial charge >= 0.3 is 0 Å². The zero-order valence-electron chi connectivity index (χ0n) is 19.2. The predicted molar refractivity (Wildman–Crippen MR) is 131 cm³/mol. The lowest BCUT2D eigenvalue weighted by Crippen LogP contribution is -2.24. The van der Waals surface area contributed by atoms with Crippen LogP contribution in [0, 0.1) is 20.8 Å². The van der Waals surface area contributed by atoms with Gasteiger partial charge in [-0.15, -0.1) is 10.2 Å². The van der Waals surface area contributed by atoms with Gasteiger partial charge < -0.3 is 15.1 Å². The number of anilines is 1. The number of thioether (sulfide) groups is 1. The van der Waals surface area contributed by atoms with Crippen molar-refractivity contribution < 1.29 is 14.0 Å². The molecule has 174 valence electrons. The lowest BCUT2D eigenvalue weighted by Gasteiger charge is -2.14. The molecule has 2 amide bonds. The zero-order chi connectivity index (χ0) is 24.1. The maximum absolute atomic E-state index is 12.6. The van der Waals surface area contributed by atoms with Crippen LogP contribution in [0.5, 0.6) is 0 Å². The Balaban J connectivity index is 1.54. The molecule has 0 aliphatic rings. The molecule has 0 radical (unpaired) electrons. The third kappa shape index (κ3) is 5.37. The number of nitrogens with zero attached hydrogens (tertiary/aromatic N) is 3. The van der Waals surface area contributed by atoms with Gasteiger partial charge in [0, 0.05) is 5.69 Å². The molecule has 8 nitrogen and oxygen atoms in total. The smallest absolute Gasteiger partial charge is 0.287 e. The molecule has 0 atom stereocenters. The van der Waals surface area contributed by atoms with E-state index in [4.69, 9.17) is 4.42 Å². The summed E-state index contributed by atoms with van der Waals surface area (Å²) in [5, 5.41) is 14.9. The van der Waals surface area contributed by atoms with Gasteiger partial charge in [0.2, 0.25) is 5.91 Å². The quantitative estimate of drug-likeness (QED) is 0.365. The van der Waals surface area contributed by atoms with Crippen LogP contribution in [0.2, 0.25) is 0 Å². The number of benzene rings is 2. The number of carbonyl (C=O) groups is 2. The van der Waals surface area contributed by atoms with Crippen LogP contribution >= 0.6 is 11.8 Å². The van der Waals surface area contributed by atoms with Crippen molar-refractivity contribution in [1.29, 1.82) is 0 Å². The zero-order valence-corrected chi connectivity index (χ0v) is 20.0. The minimum absolute atomic E-state index is 0.140. The fourth-order valence-corrected chi connectivity index (χ4v) is 4.20. The Morgan fingerprint density at radius 3 is 2.62 bits per heavy atom. The average Bonchev–Trinajstić information content (AvgIpc) is 3.48. The summed E-state index contributed by atoms with van der Waals surface area (Å²) in [6, 6.07) is 16.9. The van der Waals surface area contributed by atoms with E-state index in [1.807, 2.05) is 67.8 Å². The lowest BCUT2D eigenvalue weighted by molar-refractivity contribution is -0.113. The number of hydrogen-bond acceptors (Lipinski definition) is 6. The maximum atomic E-state index is 12.6. The summed E-state index contributed by atoms with van der Waals surface area (Å²) >= 11 is 1.29. The Bertz CT molecular complexity index is 1310. The van der Waals surface area contributed by atoms with E-state index < -0.39 is 0 Å². The van der Waals surface area contributed by atoms with Gasteiger partial charge in [-0.05, 0) is 67.8 Å². The summed E-state index contributed by atoms with van der Waals surface area (Å²) < 4.78 is 7.04. The molecule has 0 saturated carbocycles. The molecule has 2 N–H and O–H groups in total. The van der Waals surface area contributed by atoms with Crippen molar-refractivity contribution in [2.75, 3.05) is 11.1 Å². The van der Waals surface area contributed by atoms with Crippen molar-refractivity contribution in [3.63, 3.8) is 0 Å². The number of amides is 2. The first kappa shape index (κ1) is 23.3. The van der Waals surface area contributed by atoms with Gasteiger partial charge in [0.15, 0.2) is 16.7 Å². The van der Waals surface area contributed by atoms with Crippen LogP contribution < -0.4 is 10.6 Å². The highest BCUT2D eigenvalue weighted by atomic mass is 32.2. The van der Waals surface area contributed by atoms with Crippen LogP contribution in [0.15, 0.2) is 70.4 Å². The van der Waals surface area contributed by atoms with Crippen molar-refractivity contribution in [2.45, 2.75) is 32.5 Å². The Kier molecular flexibility index (Phi) is 7.12. The maximum Gasteiger partial charge on any atom is 0.287 e. The highest BCUT2D eigenvalue weighted by Crippen LogP contribution is 2.26. The average molecular weight is 476 g/mol. The minimum atomic E-state index is -0.341. The second-order valence-corrected chi connectivity index (χ2v) is 8.76. The SMILES string of the molecule is Cc1cccc(NC(=O)CSc2nnc(CNC(=O)c3ccco3)n2-c2cccc(C)c2C)c1. The topological polar surface area (TPSA) is 102 Å². The van der Waals surface area contributed by atoms with Gasteiger partial charge in [-0.3, -0.25) is 14.2 Å². The number of nitrogens with one attached hydrogen (secondary N) is 2. The minimum Gasteiger partial charge on any atom is -0.459 e. The summed E-state index contributed by atoms with van der Waals surface area (Å²) in [6.07, 6.45) is 1.45. The molecule has 2 aromatic heterocycles. The molecule has 9 heteroatoms. The first-order valence-corrected chi connectivity index (χ1v) is 11.7. The number of furan rings is 1. The molecule has 0 aliphatic heterocycles. The normalized spacial score (nSPS) is 10.8. The molecule has 2 aromatic carbocycles. The highest BCUT2D eigenvalue weighted by Gasteiger charge is 2.19. The molecule has 4 rings (SSSR count). The van der Waals surface area contributed by atoms with Crippen molar-refractivity contribution >= 4 is 29.3 Å². The fourth-order valence-electron chi connectivity index (χ4n) is 3.43. The Morgan fingerprint density at radius 1 is 1.03 bits per heavy atom. The van der Waals surface area contributed by atoms with Crippen LogP contribution in [0.1, 0.15) is 33.1 Å². The summed E-state index contributed by atoms with van der Waals surface area (Å²) in [4.78, 5) is 24.9. The number of aromatic nitrogens is 3. The van der Waals surface area contributed by atoms with Crippen molar-refractivity contribution in [2.24, 2.45) is 0 Å². The van der Waals surface area contributed by atoms with E-state index in [0.29, 0.717) is 11.0 Å². The van der Waals surface area contributed by atoms with E-state index in [-0.39, 0.29) is 29.9 Å². The third-order valence-corrected chi connectivity index (χ3v) is 6.23. The Hall–Kier alpha value is -3.85. The Morgan fingerprint density at radius 2 is 1.85 bits per heavy atom. The second-order valence-electron chi connectivity index (χ2n) is 7.82. The van der Waals surface area contributed by atoms with E-state index in [9.17, 15) is 9.59 Å². The van der Waals surface area contributed by atoms with E-state index >= 15 is 0 Å². The molecule has 0 aliphatic carbocycles. The van der Waals surface area contributed by atoms with Crippen molar-refractivity contribution in [1.82, 2.24) is 20.1 Å². The van der Waals surface area contributed by atoms with Crippen LogP contribution in [-0.2, 0) is 11.3 Å². The Labute approximate surface area is 201 Å². The van der Waals surface area contributed by atoms with Crippen LogP contribution in [0.25, 0.3) is 5.69 Å². The van der Waals surface area contributed by atoms with Gasteiger partial charge in [0.05, 0.1) is 24.2 Å². The van der Waals surface area contributed by atoms with E-state index in [0.717, 1.165) is 28.1 Å². The second kappa shape index (κ2) is 10.4. The molecule has 0 unspecified atom stereocenters. The van der Waals surface area contributed by atoms with Crippen LogP contribution in [0.4, 0.5) is 5.69 Å². The summed E-state index contributed by atoms with van der Waals surface area (Å²) in [7, 11) is 0. The number of aryl methyl sites for hydroxylation is 2. The lowest BCUT2D eigenvalue weighted by atomic mass is 10.1. The van der Waals surface area contributed by atoms with Crippen LogP contribution in [0.3, 0.4) is 0 Å². The number of hydrogen-bond donors (Lipinski definition) is 2. The number of rotatable bonds is 8. The molecule has 2 heterocycles. The molecule has 4 aromatic rings. The van der Waals surface area contributed by atoms with Gasteiger partial charge in [-0.25, -0.2) is 0 Å². The molecular weight excluding hydrogens is 450 g/mol. The van der Waals surface area contributed by atoms with E-state index in [1.54, 1.807) is 12.1 Å². The molecule has 0 saturated heterocycles. The predicted octanol–water partition coefficient (Wildman–Crippen LogP) is 4.45. The molecule has 0 fully saturated rings. The third-order valence-electron chi connectivity index (χ3n) is 5.30. The molecule has 0 spiro atoms. The van der Waals surface area contributed by atoms with Gasteiger partial charge in [-0.1, -0.05) is 36.0 Å². The van der Waals surface area contributed by atoms with Gasteiger partial charge in [0.25, 0.3) is 5.91 Å². The summed E-state index contributed by atoms with van der Waals surface area (Å²) in [6.45, 7) is 6.18. The fraction of sp³-hybridized carbons (Fsp3) is 0.200. The molecule has 0 bridgehead atoms. The van der Waals surface area contributed by atoms with Gasteiger partial charge in [-0.2, -0.15) is 0 Å². The summed E-state index contributed by atoms with van der Waals surface area (Å²) in [5.74, 6) is 0.455. The standard InChI is InChI=1S/C25H25N5O3S/c1-16-7-4-9-19(13-16)27-23(31)15-34-25-29-28-22(14-26-24(32)21-11-6-12-33-21)30(25)20-10-5-8-17(2)18(20)3/h4-13H,14-15H2,1-3H3,(H,26,32)(H,27,31). The largest absolute Gasteiger partial charge is 0.459 e. The van der Waals surface area contributed by atoms with E-state index in [2.05, 4.69) is 20.8 Å². The number of carbonyl (C=O) groups excluding carboxylic acids is 2. The molecule has 34 heavy (non-hydrogen) atoms. The van der Waals surface area contributed by atoms with Crippen molar-refractivity contribution in [3.05, 3.63) is 89.1 Å². The first-order valence-electron chi connectivity index (χ1n) is 10.7. The molecular formula is C25H25N5O3S. The first-order chi connectivity index (χ1) is 16.4. The van der Waals surface area contributed by atoms with Crippen LogP contribution in [-0.4, -0.2) is 32.3 Å². The van der Waals surface area contributed by atoms with E-state index in [1.165, 1.54) is 18.0 Å². The summed E-state index contributed by atoms with van der Waals surface area (Å²) in [5.41, 5.74) is 4.90. The monoisotopic (exact) mass is 475 g/mol.